The zero-order valence-electron chi connectivity index (χ0n) is 11.0. The highest BCUT2D eigenvalue weighted by Crippen LogP contribution is 2.24. The van der Waals surface area contributed by atoms with Gasteiger partial charge >= 0.3 is 0 Å². The molecule has 17 heavy (non-hydrogen) atoms. The molecule has 1 aliphatic rings. The number of rotatable bonds is 4. The van der Waals surface area contributed by atoms with Crippen LogP contribution in [0.15, 0.2) is 0 Å². The van der Waals surface area contributed by atoms with E-state index in [1.54, 1.807) is 0 Å². The van der Waals surface area contributed by atoms with Crippen molar-refractivity contribution in [2.75, 3.05) is 19.6 Å². The lowest BCUT2D eigenvalue weighted by Crippen LogP contribution is -2.47. The molecule has 1 rings (SSSR count). The smallest absolute Gasteiger partial charge is 0.216 e. The maximum atomic E-state index is 13.4. The summed E-state index contributed by atoms with van der Waals surface area (Å²) in [5.74, 6) is 0.0260. The summed E-state index contributed by atoms with van der Waals surface area (Å²) in [4.78, 5) is 1.84. The summed E-state index contributed by atoms with van der Waals surface area (Å²) in [7, 11) is 0. The minimum absolute atomic E-state index is 0.0260. The fourth-order valence-electron chi connectivity index (χ4n) is 2.09. The summed E-state index contributed by atoms with van der Waals surface area (Å²) in [5.41, 5.74) is 4.94. The molecule has 0 aromatic heterocycles. The van der Waals surface area contributed by atoms with E-state index in [9.17, 15) is 9.50 Å². The average molecular weight is 248 g/mol. The van der Waals surface area contributed by atoms with Crippen molar-refractivity contribution in [1.29, 1.82) is 0 Å². The van der Waals surface area contributed by atoms with Gasteiger partial charge in [0, 0.05) is 19.6 Å². The van der Waals surface area contributed by atoms with Gasteiger partial charge < -0.3 is 15.6 Å². The summed E-state index contributed by atoms with van der Waals surface area (Å²) in [6.07, 6.45) is -0.365. The van der Waals surface area contributed by atoms with E-state index in [1.807, 2.05) is 25.7 Å². The van der Waals surface area contributed by atoms with Gasteiger partial charge in [0.2, 0.25) is 6.41 Å². The highest BCUT2D eigenvalue weighted by Gasteiger charge is 2.30. The molecule has 102 valence electrons. The molecule has 1 heterocycles. The van der Waals surface area contributed by atoms with Crippen LogP contribution < -0.4 is 5.73 Å². The lowest BCUT2D eigenvalue weighted by atomic mass is 9.92. The quantitative estimate of drug-likeness (QED) is 0.731. The molecule has 0 aliphatic carbocycles. The molecule has 1 fully saturated rings. The topological polar surface area (TPSA) is 58.7 Å². The predicted octanol–water partition coefficient (Wildman–Crippen LogP) is 1.09. The number of halogens is 1. The van der Waals surface area contributed by atoms with Crippen LogP contribution >= 0.6 is 0 Å². The SMILES string of the molecule is CC(C)(C)OC(O)N1CCC([C@H](F)CN)CC1. The van der Waals surface area contributed by atoms with Crippen LogP contribution in [-0.2, 0) is 4.74 Å². The van der Waals surface area contributed by atoms with Gasteiger partial charge in [0.1, 0.15) is 6.17 Å². The molecule has 0 spiro atoms. The van der Waals surface area contributed by atoms with Gasteiger partial charge in [0.15, 0.2) is 0 Å². The number of piperidine rings is 1. The van der Waals surface area contributed by atoms with Gasteiger partial charge in [0.25, 0.3) is 0 Å². The number of likely N-dealkylation sites (tertiary alicyclic amines) is 1. The number of aliphatic hydroxyl groups is 1. The van der Waals surface area contributed by atoms with Crippen LogP contribution in [0.2, 0.25) is 0 Å². The van der Waals surface area contributed by atoms with Gasteiger partial charge in [-0.1, -0.05) is 0 Å². The molecule has 0 aromatic carbocycles. The van der Waals surface area contributed by atoms with E-state index in [0.29, 0.717) is 13.1 Å². The molecule has 0 aromatic rings. The fourth-order valence-corrected chi connectivity index (χ4v) is 2.09. The monoisotopic (exact) mass is 248 g/mol. The van der Waals surface area contributed by atoms with Gasteiger partial charge in [0.05, 0.1) is 5.60 Å². The number of nitrogens with two attached hydrogens (primary N) is 1. The first kappa shape index (κ1) is 14.8. The number of ether oxygens (including phenoxy) is 1. The average Bonchev–Trinajstić information content (AvgIpc) is 2.26. The van der Waals surface area contributed by atoms with E-state index in [0.717, 1.165) is 12.8 Å². The lowest BCUT2D eigenvalue weighted by Gasteiger charge is -2.37. The third-order valence-electron chi connectivity index (χ3n) is 3.08. The largest absolute Gasteiger partial charge is 0.356 e. The Labute approximate surface area is 103 Å². The molecule has 1 unspecified atom stereocenters. The van der Waals surface area contributed by atoms with Crippen molar-refractivity contribution in [3.8, 4) is 0 Å². The molecule has 3 N–H and O–H groups in total. The Morgan fingerprint density at radius 2 is 1.94 bits per heavy atom. The Hall–Kier alpha value is -0.230. The summed E-state index contributed by atoms with van der Waals surface area (Å²) in [6.45, 7) is 7.09. The molecule has 1 saturated heterocycles. The number of aliphatic hydroxyl groups excluding tert-OH is 1. The van der Waals surface area contributed by atoms with Crippen LogP contribution in [-0.4, -0.2) is 47.8 Å². The van der Waals surface area contributed by atoms with Gasteiger partial charge in [-0.3, -0.25) is 4.90 Å². The second-order valence-electron chi connectivity index (χ2n) is 5.68. The molecule has 1 aliphatic heterocycles. The summed E-state index contributed by atoms with van der Waals surface area (Å²) >= 11 is 0. The van der Waals surface area contributed by atoms with E-state index >= 15 is 0 Å². The standard InChI is InChI=1S/C12H25FN2O2/c1-12(2,3)17-11(16)15-6-4-9(5-7-15)10(13)8-14/h9-11,16H,4-8,14H2,1-3H3/t10-,11?/m1/s1. The Bertz CT molecular complexity index is 225. The van der Waals surface area contributed by atoms with Crippen LogP contribution in [0.3, 0.4) is 0 Å². The van der Waals surface area contributed by atoms with Crippen molar-refractivity contribution >= 4 is 0 Å². The lowest BCUT2D eigenvalue weighted by molar-refractivity contribution is -0.244. The van der Waals surface area contributed by atoms with Crippen molar-refractivity contribution in [2.24, 2.45) is 11.7 Å². The third kappa shape index (κ3) is 4.87. The Morgan fingerprint density at radius 1 is 1.41 bits per heavy atom. The van der Waals surface area contributed by atoms with Crippen molar-refractivity contribution in [2.45, 2.75) is 51.8 Å². The van der Waals surface area contributed by atoms with Crippen LogP contribution in [0.1, 0.15) is 33.6 Å². The van der Waals surface area contributed by atoms with Crippen molar-refractivity contribution in [3.05, 3.63) is 0 Å². The van der Waals surface area contributed by atoms with E-state index in [4.69, 9.17) is 10.5 Å². The van der Waals surface area contributed by atoms with Gasteiger partial charge in [-0.25, -0.2) is 4.39 Å². The minimum Gasteiger partial charge on any atom is -0.356 e. The second kappa shape index (κ2) is 6.09. The minimum atomic E-state index is -0.919. The van der Waals surface area contributed by atoms with E-state index in [1.165, 1.54) is 0 Å². The van der Waals surface area contributed by atoms with Crippen LogP contribution in [0, 0.1) is 5.92 Å². The second-order valence-corrected chi connectivity index (χ2v) is 5.68. The van der Waals surface area contributed by atoms with Crippen molar-refractivity contribution in [1.82, 2.24) is 4.90 Å². The van der Waals surface area contributed by atoms with E-state index in [2.05, 4.69) is 0 Å². The molecule has 0 saturated carbocycles. The highest BCUT2D eigenvalue weighted by molar-refractivity contribution is 4.78. The van der Waals surface area contributed by atoms with Crippen LogP contribution in [0.4, 0.5) is 4.39 Å². The zero-order chi connectivity index (χ0) is 13.1. The highest BCUT2D eigenvalue weighted by atomic mass is 19.1. The zero-order valence-corrected chi connectivity index (χ0v) is 11.0. The first-order valence-electron chi connectivity index (χ1n) is 6.27. The molecular formula is C12H25FN2O2. The Balaban J connectivity index is 2.36. The predicted molar refractivity (Wildman–Crippen MR) is 65.1 cm³/mol. The van der Waals surface area contributed by atoms with E-state index in [-0.39, 0.29) is 18.1 Å². The normalized spacial score (nSPS) is 23.6. The van der Waals surface area contributed by atoms with Gasteiger partial charge in [-0.15, -0.1) is 0 Å². The maximum Gasteiger partial charge on any atom is 0.216 e. The fraction of sp³-hybridized carbons (Fsp3) is 1.00. The summed E-state index contributed by atoms with van der Waals surface area (Å²) in [5, 5.41) is 9.88. The molecule has 4 nitrogen and oxygen atoms in total. The van der Waals surface area contributed by atoms with Crippen LogP contribution in [0.25, 0.3) is 0 Å². The van der Waals surface area contributed by atoms with Crippen molar-refractivity contribution < 1.29 is 14.2 Å². The third-order valence-corrected chi connectivity index (χ3v) is 3.08. The number of alkyl halides is 1. The molecule has 0 bridgehead atoms. The number of hydrogen-bond acceptors (Lipinski definition) is 4. The molecule has 0 amide bonds. The molecule has 2 atom stereocenters. The first-order valence-corrected chi connectivity index (χ1v) is 6.27. The van der Waals surface area contributed by atoms with Gasteiger partial charge in [-0.2, -0.15) is 0 Å². The first-order chi connectivity index (χ1) is 7.83. The Morgan fingerprint density at radius 3 is 2.35 bits per heavy atom. The Kier molecular flexibility index (Phi) is 5.31. The molecular weight excluding hydrogens is 223 g/mol. The number of hydrogen-bond donors (Lipinski definition) is 2. The van der Waals surface area contributed by atoms with Crippen LogP contribution in [0.5, 0.6) is 0 Å². The van der Waals surface area contributed by atoms with E-state index < -0.39 is 12.6 Å². The molecule has 0 radical (unpaired) electrons. The number of nitrogens with zero attached hydrogens (tertiary/aromatic N) is 1. The van der Waals surface area contributed by atoms with Crippen molar-refractivity contribution in [3.63, 3.8) is 0 Å². The van der Waals surface area contributed by atoms with Gasteiger partial charge in [-0.05, 0) is 39.5 Å². The maximum absolute atomic E-state index is 13.4. The summed E-state index contributed by atoms with van der Waals surface area (Å²) in [6, 6.07) is 0. The summed E-state index contributed by atoms with van der Waals surface area (Å²) < 4.78 is 18.8. The molecule has 5 heteroatoms.